The minimum absolute atomic E-state index is 0.00486. The van der Waals surface area contributed by atoms with Crippen LogP contribution in [0.15, 0.2) is 65.8 Å². The average molecular weight is 532 g/mol. The van der Waals surface area contributed by atoms with Crippen LogP contribution in [0.1, 0.15) is 25.0 Å². The highest BCUT2D eigenvalue weighted by atomic mass is 35.5. The fourth-order valence-electron chi connectivity index (χ4n) is 2.98. The molecule has 0 aliphatic carbocycles. The molecular formula is C26H24Cl2FN3O4. The van der Waals surface area contributed by atoms with Gasteiger partial charge in [0, 0.05) is 15.6 Å². The van der Waals surface area contributed by atoms with E-state index in [1.807, 2.05) is 6.92 Å². The monoisotopic (exact) mass is 531 g/mol. The van der Waals surface area contributed by atoms with Crippen LogP contribution in [0.2, 0.25) is 10.0 Å². The SMILES string of the molecule is CCOc1cc(C=NNC(=O)C(C)C(=O)Nc2ccccc2F)ccc1OCc1ccc(Cl)cc1Cl. The molecule has 2 amide bonds. The Morgan fingerprint density at radius 3 is 2.53 bits per heavy atom. The molecule has 0 spiro atoms. The Morgan fingerprint density at radius 2 is 1.81 bits per heavy atom. The van der Waals surface area contributed by atoms with Gasteiger partial charge < -0.3 is 14.8 Å². The van der Waals surface area contributed by atoms with E-state index in [1.165, 1.54) is 31.3 Å². The van der Waals surface area contributed by atoms with Crippen molar-refractivity contribution in [3.05, 3.63) is 87.7 Å². The van der Waals surface area contributed by atoms with Gasteiger partial charge in [0.05, 0.1) is 18.5 Å². The zero-order chi connectivity index (χ0) is 26.1. The second-order valence-electron chi connectivity index (χ2n) is 7.59. The summed E-state index contributed by atoms with van der Waals surface area (Å²) in [5.74, 6) is -2.02. The molecule has 0 aliphatic heterocycles. The van der Waals surface area contributed by atoms with Crippen LogP contribution in [0.5, 0.6) is 11.5 Å². The molecule has 0 heterocycles. The zero-order valence-electron chi connectivity index (χ0n) is 19.6. The minimum Gasteiger partial charge on any atom is -0.490 e. The molecular weight excluding hydrogens is 508 g/mol. The molecule has 3 rings (SSSR count). The van der Waals surface area contributed by atoms with E-state index in [4.69, 9.17) is 32.7 Å². The van der Waals surface area contributed by atoms with E-state index in [9.17, 15) is 14.0 Å². The molecule has 0 saturated heterocycles. The molecule has 1 unspecified atom stereocenters. The standard InChI is InChI=1S/C26H24Cl2FN3O4/c1-3-35-24-12-17(8-11-23(24)36-15-18-9-10-19(27)13-20(18)28)14-30-32-26(34)16(2)25(33)31-22-7-5-4-6-21(22)29/h4-14,16H,3,15H2,1-2H3,(H,31,33)(H,32,34). The van der Waals surface area contributed by atoms with Crippen LogP contribution in [-0.2, 0) is 16.2 Å². The molecule has 7 nitrogen and oxygen atoms in total. The number of para-hydroxylation sites is 1. The van der Waals surface area contributed by atoms with E-state index in [0.29, 0.717) is 33.7 Å². The molecule has 0 aromatic heterocycles. The van der Waals surface area contributed by atoms with Gasteiger partial charge in [-0.15, -0.1) is 0 Å². The van der Waals surface area contributed by atoms with Gasteiger partial charge >= 0.3 is 0 Å². The van der Waals surface area contributed by atoms with Crippen molar-refractivity contribution in [3.8, 4) is 11.5 Å². The maximum absolute atomic E-state index is 13.7. The van der Waals surface area contributed by atoms with Crippen LogP contribution in [0.25, 0.3) is 0 Å². The zero-order valence-corrected chi connectivity index (χ0v) is 21.1. The van der Waals surface area contributed by atoms with Crippen LogP contribution in [0.3, 0.4) is 0 Å². The highest BCUT2D eigenvalue weighted by Gasteiger charge is 2.22. The van der Waals surface area contributed by atoms with Gasteiger partial charge in [0.15, 0.2) is 11.5 Å². The molecule has 1 atom stereocenters. The number of halogens is 3. The summed E-state index contributed by atoms with van der Waals surface area (Å²) in [6.07, 6.45) is 1.40. The lowest BCUT2D eigenvalue weighted by Gasteiger charge is -2.13. The Hall–Kier alpha value is -3.62. The van der Waals surface area contributed by atoms with Crippen LogP contribution in [0.4, 0.5) is 10.1 Å². The van der Waals surface area contributed by atoms with E-state index in [-0.39, 0.29) is 12.3 Å². The van der Waals surface area contributed by atoms with Gasteiger partial charge in [0.25, 0.3) is 5.91 Å². The highest BCUT2D eigenvalue weighted by Crippen LogP contribution is 2.30. The second kappa shape index (κ2) is 12.9. The van der Waals surface area contributed by atoms with Crippen LogP contribution >= 0.6 is 23.2 Å². The summed E-state index contributed by atoms with van der Waals surface area (Å²) in [6, 6.07) is 16.0. The summed E-state index contributed by atoms with van der Waals surface area (Å²) in [5.41, 5.74) is 3.70. The molecule has 0 saturated carbocycles. The summed E-state index contributed by atoms with van der Waals surface area (Å²) in [4.78, 5) is 24.6. The van der Waals surface area contributed by atoms with Crippen molar-refractivity contribution in [2.45, 2.75) is 20.5 Å². The third kappa shape index (κ3) is 7.44. The fourth-order valence-corrected chi connectivity index (χ4v) is 3.44. The lowest BCUT2D eigenvalue weighted by atomic mass is 10.1. The van der Waals surface area contributed by atoms with Crippen molar-refractivity contribution in [1.82, 2.24) is 5.43 Å². The quantitative estimate of drug-likeness (QED) is 0.195. The van der Waals surface area contributed by atoms with Gasteiger partial charge in [-0.1, -0.05) is 41.4 Å². The van der Waals surface area contributed by atoms with Gasteiger partial charge in [-0.2, -0.15) is 5.10 Å². The first-order valence-corrected chi connectivity index (χ1v) is 11.8. The molecule has 3 aromatic rings. The summed E-state index contributed by atoms with van der Waals surface area (Å²) in [6.45, 7) is 3.86. The number of ether oxygens (including phenoxy) is 2. The number of amides is 2. The molecule has 36 heavy (non-hydrogen) atoms. The first-order valence-electron chi connectivity index (χ1n) is 11.0. The number of nitrogens with one attached hydrogen (secondary N) is 2. The van der Waals surface area contributed by atoms with Gasteiger partial charge in [-0.25, -0.2) is 9.82 Å². The first kappa shape index (κ1) is 27.0. The summed E-state index contributed by atoms with van der Waals surface area (Å²) in [7, 11) is 0. The lowest BCUT2D eigenvalue weighted by Crippen LogP contribution is -2.34. The number of carbonyl (C=O) groups excluding carboxylic acids is 2. The third-order valence-electron chi connectivity index (χ3n) is 4.97. The van der Waals surface area contributed by atoms with Crippen molar-refractivity contribution in [1.29, 1.82) is 0 Å². The number of hydrazone groups is 1. The number of nitrogens with zero attached hydrogens (tertiary/aromatic N) is 1. The Morgan fingerprint density at radius 1 is 1.03 bits per heavy atom. The fraction of sp³-hybridized carbons (Fsp3) is 0.192. The number of benzene rings is 3. The smallest absolute Gasteiger partial charge is 0.252 e. The van der Waals surface area contributed by atoms with Crippen LogP contribution in [-0.4, -0.2) is 24.6 Å². The maximum Gasteiger partial charge on any atom is 0.252 e. The van der Waals surface area contributed by atoms with Gasteiger partial charge in [-0.05, 0) is 61.9 Å². The molecule has 10 heteroatoms. The summed E-state index contributed by atoms with van der Waals surface area (Å²) < 4.78 is 25.3. The number of rotatable bonds is 10. The van der Waals surface area contributed by atoms with E-state index in [1.54, 1.807) is 42.5 Å². The predicted octanol–water partition coefficient (Wildman–Crippen LogP) is 5.84. The first-order chi connectivity index (χ1) is 17.3. The Bertz CT molecular complexity index is 1270. The number of hydrogen-bond donors (Lipinski definition) is 2. The van der Waals surface area contributed by atoms with E-state index in [0.717, 1.165) is 5.56 Å². The van der Waals surface area contributed by atoms with Gasteiger partial charge in [-0.3, -0.25) is 9.59 Å². The lowest BCUT2D eigenvalue weighted by molar-refractivity contribution is -0.131. The highest BCUT2D eigenvalue weighted by molar-refractivity contribution is 6.35. The predicted molar refractivity (Wildman–Crippen MR) is 138 cm³/mol. The maximum atomic E-state index is 13.7. The van der Waals surface area contributed by atoms with Gasteiger partial charge in [0.1, 0.15) is 18.3 Å². The van der Waals surface area contributed by atoms with Crippen molar-refractivity contribution >= 4 is 46.9 Å². The van der Waals surface area contributed by atoms with Crippen molar-refractivity contribution in [2.75, 3.05) is 11.9 Å². The Labute approximate surface area is 218 Å². The Kier molecular flexibility index (Phi) is 9.67. The second-order valence-corrected chi connectivity index (χ2v) is 8.43. The molecule has 2 N–H and O–H groups in total. The van der Waals surface area contributed by atoms with E-state index in [2.05, 4.69) is 15.8 Å². The van der Waals surface area contributed by atoms with Crippen molar-refractivity contribution in [3.63, 3.8) is 0 Å². The number of anilines is 1. The van der Waals surface area contributed by atoms with E-state index < -0.39 is 23.5 Å². The molecule has 188 valence electrons. The topological polar surface area (TPSA) is 89.0 Å². The van der Waals surface area contributed by atoms with Crippen LogP contribution in [0, 0.1) is 11.7 Å². The molecule has 0 radical (unpaired) electrons. The number of carbonyl (C=O) groups is 2. The minimum atomic E-state index is -1.10. The molecule has 0 fully saturated rings. The largest absolute Gasteiger partial charge is 0.490 e. The Balaban J connectivity index is 1.60. The van der Waals surface area contributed by atoms with Crippen molar-refractivity contribution < 1.29 is 23.5 Å². The molecule has 3 aromatic carbocycles. The molecule has 0 bridgehead atoms. The number of hydrogen-bond acceptors (Lipinski definition) is 5. The van der Waals surface area contributed by atoms with E-state index >= 15 is 0 Å². The third-order valence-corrected chi connectivity index (χ3v) is 5.56. The van der Waals surface area contributed by atoms with Gasteiger partial charge in [0.2, 0.25) is 5.91 Å². The van der Waals surface area contributed by atoms with Crippen LogP contribution < -0.4 is 20.2 Å². The average Bonchev–Trinajstić information content (AvgIpc) is 2.85. The normalized spacial score (nSPS) is 11.7. The molecule has 0 aliphatic rings. The van der Waals surface area contributed by atoms with Crippen molar-refractivity contribution in [2.24, 2.45) is 11.0 Å². The summed E-state index contributed by atoms with van der Waals surface area (Å²) >= 11 is 12.1. The summed E-state index contributed by atoms with van der Waals surface area (Å²) in [5, 5.41) is 7.33.